The highest BCUT2D eigenvalue weighted by Crippen LogP contribution is 2.21. The quantitative estimate of drug-likeness (QED) is 0.746. The molecule has 3 N–H and O–H groups in total. The monoisotopic (exact) mass is 277 g/mol. The molecule has 1 aromatic heterocycles. The van der Waals surface area contributed by atoms with Crippen LogP contribution in [0.1, 0.15) is 16.1 Å². The number of thiophene rings is 1. The van der Waals surface area contributed by atoms with Crippen molar-refractivity contribution in [3.05, 3.63) is 21.3 Å². The van der Waals surface area contributed by atoms with E-state index in [-0.39, 0.29) is 4.88 Å². The van der Waals surface area contributed by atoms with Crippen molar-refractivity contribution in [2.45, 2.75) is 12.5 Å². The van der Waals surface area contributed by atoms with Gasteiger partial charge in [-0.2, -0.15) is 0 Å². The van der Waals surface area contributed by atoms with E-state index in [9.17, 15) is 14.4 Å². The summed E-state index contributed by atoms with van der Waals surface area (Å²) in [6.45, 7) is 0. The first-order valence-electron chi connectivity index (χ1n) is 4.41. The van der Waals surface area contributed by atoms with Crippen molar-refractivity contribution in [2.24, 2.45) is 0 Å². The number of carbonyl (C=O) groups is 3. The first-order valence-corrected chi connectivity index (χ1v) is 5.60. The van der Waals surface area contributed by atoms with Crippen LogP contribution in [0, 0.1) is 0 Å². The lowest BCUT2D eigenvalue weighted by Gasteiger charge is -2.11. The zero-order chi connectivity index (χ0) is 13.0. The molecular weight excluding hydrogens is 270 g/mol. The number of rotatable bonds is 5. The van der Waals surface area contributed by atoms with Gasteiger partial charge in [0.25, 0.3) is 5.91 Å². The average Bonchev–Trinajstić information content (AvgIpc) is 2.63. The molecule has 0 saturated heterocycles. The predicted octanol–water partition coefficient (Wildman–Crippen LogP) is 1.06. The minimum atomic E-state index is -1.46. The topological polar surface area (TPSA) is 104 Å². The Bertz CT molecular complexity index is 458. The van der Waals surface area contributed by atoms with Gasteiger partial charge in [-0.25, -0.2) is 4.79 Å². The van der Waals surface area contributed by atoms with Crippen LogP contribution >= 0.6 is 22.9 Å². The predicted molar refractivity (Wildman–Crippen MR) is 60.5 cm³/mol. The summed E-state index contributed by atoms with van der Waals surface area (Å²) in [5, 5.41) is 19.3. The minimum Gasteiger partial charge on any atom is -0.481 e. The van der Waals surface area contributed by atoms with E-state index in [1.54, 1.807) is 0 Å². The summed E-state index contributed by atoms with van der Waals surface area (Å²) >= 11 is 6.60. The van der Waals surface area contributed by atoms with Crippen LogP contribution in [-0.2, 0) is 9.59 Å². The van der Waals surface area contributed by atoms with Gasteiger partial charge < -0.3 is 15.5 Å². The van der Waals surface area contributed by atoms with Crippen molar-refractivity contribution in [1.29, 1.82) is 0 Å². The molecule has 0 aliphatic rings. The summed E-state index contributed by atoms with van der Waals surface area (Å²) in [5.74, 6) is -3.36. The Morgan fingerprint density at radius 2 is 2.00 bits per heavy atom. The van der Waals surface area contributed by atoms with Crippen molar-refractivity contribution in [3.63, 3.8) is 0 Å². The molecule has 0 saturated carbocycles. The summed E-state index contributed by atoms with van der Waals surface area (Å²) in [5.41, 5.74) is 0. The highest BCUT2D eigenvalue weighted by Gasteiger charge is 2.24. The maximum atomic E-state index is 11.5. The number of halogens is 1. The van der Waals surface area contributed by atoms with E-state index in [4.69, 9.17) is 21.8 Å². The van der Waals surface area contributed by atoms with Crippen molar-refractivity contribution >= 4 is 40.8 Å². The number of carbonyl (C=O) groups excluding carboxylic acids is 1. The third kappa shape index (κ3) is 4.04. The van der Waals surface area contributed by atoms with E-state index in [0.29, 0.717) is 4.34 Å². The molecule has 6 nitrogen and oxygen atoms in total. The Labute approximate surface area is 105 Å². The number of hydrogen-bond donors (Lipinski definition) is 3. The maximum Gasteiger partial charge on any atom is 0.326 e. The van der Waals surface area contributed by atoms with E-state index >= 15 is 0 Å². The highest BCUT2D eigenvalue weighted by atomic mass is 35.5. The van der Waals surface area contributed by atoms with Crippen LogP contribution in [0.4, 0.5) is 0 Å². The van der Waals surface area contributed by atoms with Gasteiger partial charge in [0, 0.05) is 0 Å². The van der Waals surface area contributed by atoms with E-state index in [1.165, 1.54) is 12.1 Å². The Hall–Kier alpha value is -1.60. The first kappa shape index (κ1) is 13.5. The largest absolute Gasteiger partial charge is 0.481 e. The first-order chi connectivity index (χ1) is 7.90. The molecule has 0 fully saturated rings. The van der Waals surface area contributed by atoms with Crippen LogP contribution in [0.3, 0.4) is 0 Å². The van der Waals surface area contributed by atoms with E-state index < -0.39 is 30.3 Å². The van der Waals surface area contributed by atoms with Crippen LogP contribution in [0.15, 0.2) is 12.1 Å². The average molecular weight is 278 g/mol. The molecule has 0 unspecified atom stereocenters. The molecule has 1 atom stereocenters. The molecule has 1 heterocycles. The second-order valence-corrected chi connectivity index (χ2v) is 4.78. The molecule has 0 spiro atoms. The van der Waals surface area contributed by atoms with Gasteiger partial charge in [-0.15, -0.1) is 11.3 Å². The second kappa shape index (κ2) is 5.65. The van der Waals surface area contributed by atoms with Crippen molar-refractivity contribution in [1.82, 2.24) is 5.32 Å². The second-order valence-electron chi connectivity index (χ2n) is 3.07. The zero-order valence-electron chi connectivity index (χ0n) is 8.34. The van der Waals surface area contributed by atoms with Gasteiger partial charge in [-0.05, 0) is 12.1 Å². The van der Waals surface area contributed by atoms with Crippen molar-refractivity contribution in [2.75, 3.05) is 0 Å². The molecule has 1 amide bonds. The van der Waals surface area contributed by atoms with Crippen molar-refractivity contribution < 1.29 is 24.6 Å². The number of carboxylic acid groups (broad SMARTS) is 2. The summed E-state index contributed by atoms with van der Waals surface area (Å²) < 4.78 is 0.389. The molecule has 0 bridgehead atoms. The molecule has 17 heavy (non-hydrogen) atoms. The summed E-state index contributed by atoms with van der Waals surface area (Å²) in [4.78, 5) is 32.9. The Morgan fingerprint density at radius 3 is 2.41 bits per heavy atom. The Balaban J connectivity index is 2.70. The molecule has 0 aliphatic carbocycles. The zero-order valence-corrected chi connectivity index (χ0v) is 9.92. The summed E-state index contributed by atoms with van der Waals surface area (Å²) in [6, 6.07) is 1.47. The fourth-order valence-corrected chi connectivity index (χ4v) is 1.99. The van der Waals surface area contributed by atoms with Crippen LogP contribution < -0.4 is 5.32 Å². The minimum absolute atomic E-state index is 0.228. The lowest BCUT2D eigenvalue weighted by molar-refractivity contribution is -0.145. The third-order valence-electron chi connectivity index (χ3n) is 1.78. The number of amides is 1. The van der Waals surface area contributed by atoms with E-state index in [0.717, 1.165) is 11.3 Å². The van der Waals surface area contributed by atoms with Gasteiger partial charge in [0.15, 0.2) is 0 Å². The van der Waals surface area contributed by atoms with Gasteiger partial charge >= 0.3 is 11.9 Å². The molecular formula is C9H8ClNO5S. The van der Waals surface area contributed by atoms with E-state index in [1.807, 2.05) is 0 Å². The fourth-order valence-electron chi connectivity index (χ4n) is 1.04. The maximum absolute atomic E-state index is 11.5. The summed E-state index contributed by atoms with van der Waals surface area (Å²) in [7, 11) is 0. The molecule has 0 aromatic carbocycles. The Kier molecular flexibility index (Phi) is 4.47. The molecule has 0 radical (unpaired) electrons. The van der Waals surface area contributed by atoms with Gasteiger partial charge in [-0.1, -0.05) is 11.6 Å². The van der Waals surface area contributed by atoms with Gasteiger partial charge in [0.2, 0.25) is 0 Å². The smallest absolute Gasteiger partial charge is 0.326 e. The molecule has 8 heteroatoms. The standard InChI is InChI=1S/C9H8ClNO5S/c10-6-2-1-5(17-6)8(14)11-4(9(15)16)3-7(12)13/h1-2,4H,3H2,(H,11,14)(H,12,13)(H,15,16)/t4-/m1/s1. The van der Waals surface area contributed by atoms with Gasteiger partial charge in [-0.3, -0.25) is 9.59 Å². The van der Waals surface area contributed by atoms with E-state index in [2.05, 4.69) is 5.32 Å². The van der Waals surface area contributed by atoms with Crippen LogP contribution in [0.2, 0.25) is 4.34 Å². The number of hydrogen-bond acceptors (Lipinski definition) is 4. The van der Waals surface area contributed by atoms with Crippen LogP contribution in [0.5, 0.6) is 0 Å². The fraction of sp³-hybridized carbons (Fsp3) is 0.222. The normalized spacial score (nSPS) is 11.8. The highest BCUT2D eigenvalue weighted by molar-refractivity contribution is 7.18. The number of aliphatic carboxylic acids is 2. The SMILES string of the molecule is O=C(O)C[C@@H](NC(=O)c1ccc(Cl)s1)C(=O)O. The van der Waals surface area contributed by atoms with Crippen LogP contribution in [0.25, 0.3) is 0 Å². The molecule has 0 aliphatic heterocycles. The Morgan fingerprint density at radius 1 is 1.35 bits per heavy atom. The molecule has 1 rings (SSSR count). The van der Waals surface area contributed by atoms with Gasteiger partial charge in [0.05, 0.1) is 15.6 Å². The third-order valence-corrected chi connectivity index (χ3v) is 3.01. The van der Waals surface area contributed by atoms with Crippen LogP contribution in [-0.4, -0.2) is 34.1 Å². The number of carboxylic acids is 2. The van der Waals surface area contributed by atoms with Gasteiger partial charge in [0.1, 0.15) is 6.04 Å². The lowest BCUT2D eigenvalue weighted by atomic mass is 10.2. The lowest BCUT2D eigenvalue weighted by Crippen LogP contribution is -2.41. The molecule has 92 valence electrons. The number of nitrogens with one attached hydrogen (secondary N) is 1. The summed E-state index contributed by atoms with van der Waals surface area (Å²) in [6.07, 6.45) is -0.680. The van der Waals surface area contributed by atoms with Crippen molar-refractivity contribution in [3.8, 4) is 0 Å². The molecule has 1 aromatic rings.